The van der Waals surface area contributed by atoms with Crippen molar-refractivity contribution in [3.05, 3.63) is 0 Å². The molecule has 0 aromatic rings. The van der Waals surface area contributed by atoms with Gasteiger partial charge in [0, 0.05) is 0 Å². The molecule has 0 fully saturated rings. The molecule has 0 aromatic carbocycles. The second-order valence-electron chi connectivity index (χ2n) is 15.1. The quantitative estimate of drug-likeness (QED) is 0.0545. The van der Waals surface area contributed by atoms with Crippen LogP contribution in [-0.2, 0) is 9.05 Å². The first kappa shape index (κ1) is 44.3. The first-order valence-electron chi connectivity index (χ1n) is 20.4. The summed E-state index contributed by atoms with van der Waals surface area (Å²) in [6, 6.07) is 0. The van der Waals surface area contributed by atoms with Crippen LogP contribution in [0.5, 0.6) is 0 Å². The van der Waals surface area contributed by atoms with E-state index in [1.54, 1.807) is 0 Å². The van der Waals surface area contributed by atoms with Gasteiger partial charge in [-0.2, -0.15) is 0 Å². The second-order valence-corrected chi connectivity index (χ2v) is 18.4. The average Bonchev–Trinajstić information content (AvgIpc) is 2.99. The molecule has 0 aliphatic rings. The third kappa shape index (κ3) is 29.7. The van der Waals surface area contributed by atoms with Crippen LogP contribution in [0.15, 0.2) is 0 Å². The molecule has 0 unspecified atom stereocenters. The van der Waals surface area contributed by atoms with Gasteiger partial charge in [0.2, 0.25) is 0 Å². The van der Waals surface area contributed by atoms with E-state index in [2.05, 4.69) is 34.6 Å². The molecule has 0 saturated carbocycles. The Balaban J connectivity index is 3.61. The van der Waals surface area contributed by atoms with Crippen LogP contribution in [0.1, 0.15) is 240 Å². The molecular weight excluding hydrogens is 559 g/mol. The van der Waals surface area contributed by atoms with Gasteiger partial charge in [0.15, 0.2) is 0 Å². The summed E-state index contributed by atoms with van der Waals surface area (Å²) in [7, 11) is -3.17. The Hall–Kier alpha value is 0.310. The molecule has 268 valence electrons. The molecule has 0 heterocycles. The molecule has 0 aromatic heterocycles. The van der Waals surface area contributed by atoms with E-state index in [0.29, 0.717) is 13.2 Å². The van der Waals surface area contributed by atoms with Gasteiger partial charge in [-0.3, -0.25) is 0 Å². The van der Waals surface area contributed by atoms with Gasteiger partial charge in [-0.1, -0.05) is 90.9 Å². The van der Waals surface area contributed by atoms with Crippen molar-refractivity contribution in [3.8, 4) is 0 Å². The molecule has 0 aliphatic carbocycles. The van der Waals surface area contributed by atoms with Crippen molar-refractivity contribution in [3.63, 3.8) is 0 Å². The number of hydrogen-bond acceptors (Lipinski definition) is 3. The van der Waals surface area contributed by atoms with Crippen molar-refractivity contribution in [1.82, 2.24) is 0 Å². The Labute approximate surface area is 279 Å². The molecule has 0 spiro atoms. The van der Waals surface area contributed by atoms with Gasteiger partial charge in [-0.25, -0.2) is 0 Å². The van der Waals surface area contributed by atoms with Crippen LogP contribution < -0.4 is 0 Å². The van der Waals surface area contributed by atoms with Crippen LogP contribution >= 0.6 is 7.94 Å². The zero-order chi connectivity index (χ0) is 32.5. The Morgan fingerprint density at radius 2 is 0.523 bits per heavy atom. The normalized spacial score (nSPS) is 12.8. The Kier molecular flexibility index (Phi) is 33.5. The predicted octanol–water partition coefficient (Wildman–Crippen LogP) is 14.8. The van der Waals surface area contributed by atoms with E-state index in [1.807, 2.05) is 0 Å². The van der Waals surface area contributed by atoms with Crippen molar-refractivity contribution in [2.24, 2.45) is 0 Å². The maximum atomic E-state index is 11.3. The summed E-state index contributed by atoms with van der Waals surface area (Å²) < 4.78 is 12.2. The van der Waals surface area contributed by atoms with E-state index in [1.165, 1.54) is 193 Å². The van der Waals surface area contributed by atoms with Crippen LogP contribution in [0, 0.1) is 0 Å². The van der Waals surface area contributed by atoms with E-state index in [-0.39, 0.29) is 5.16 Å². The Morgan fingerprint density at radius 3 is 0.705 bits per heavy atom. The minimum absolute atomic E-state index is 0.322. The van der Waals surface area contributed by atoms with Crippen LogP contribution in [0.25, 0.3) is 0 Å². The van der Waals surface area contributed by atoms with Crippen LogP contribution in [0.4, 0.5) is 0 Å². The van der Waals surface area contributed by atoms with E-state index in [9.17, 15) is 4.89 Å². The van der Waals surface area contributed by atoms with Crippen LogP contribution in [-0.4, -0.2) is 23.3 Å². The molecule has 0 saturated heterocycles. The van der Waals surface area contributed by atoms with Crippen molar-refractivity contribution in [2.75, 3.05) is 13.2 Å². The fourth-order valence-corrected chi connectivity index (χ4v) is 7.99. The van der Waals surface area contributed by atoms with Gasteiger partial charge in [-0.05, 0) is 0 Å². The molecule has 0 radical (unpaired) electrons. The number of hydrogen-bond donors (Lipinski definition) is 1. The zero-order valence-corrected chi connectivity index (χ0v) is 32.3. The number of rotatable bonds is 36. The van der Waals surface area contributed by atoms with Gasteiger partial charge >= 0.3 is 189 Å². The summed E-state index contributed by atoms with van der Waals surface area (Å²) in [4.78, 5) is 11.3. The molecule has 3 nitrogen and oxygen atoms in total. The fraction of sp³-hybridized carbons (Fsp3) is 1.00. The molecule has 0 amide bonds. The molecule has 1 N–H and O–H groups in total. The molecule has 44 heavy (non-hydrogen) atoms. The summed E-state index contributed by atoms with van der Waals surface area (Å²) in [6.45, 7) is 12.1. The topological polar surface area (TPSA) is 38.7 Å². The van der Waals surface area contributed by atoms with Crippen molar-refractivity contribution in [1.29, 1.82) is 0 Å². The van der Waals surface area contributed by atoms with E-state index < -0.39 is 7.94 Å². The predicted molar refractivity (Wildman–Crippen MR) is 201 cm³/mol. The van der Waals surface area contributed by atoms with Crippen molar-refractivity contribution >= 4 is 7.94 Å². The molecular formula is C40H85O3P. The fourth-order valence-electron chi connectivity index (χ4n) is 6.20. The van der Waals surface area contributed by atoms with E-state index in [4.69, 9.17) is 9.05 Å². The summed E-state index contributed by atoms with van der Waals surface area (Å²) in [5.41, 5.74) is 0. The molecule has 0 aliphatic heterocycles. The Bertz CT molecular complexity index is 509. The van der Waals surface area contributed by atoms with Gasteiger partial charge in [0.05, 0.1) is 0 Å². The van der Waals surface area contributed by atoms with Gasteiger partial charge < -0.3 is 0 Å². The third-order valence-electron chi connectivity index (χ3n) is 9.54. The van der Waals surface area contributed by atoms with Crippen LogP contribution in [0.2, 0.25) is 0 Å². The SMILES string of the molecule is CCCCCCCCCCCCCCCCCCO[PH](O)(OCCCCCCCCCCCCCCCCCC)C(C)(C)C. The maximum absolute atomic E-state index is 11.3. The third-order valence-corrected chi connectivity index (χ3v) is 12.6. The minimum atomic E-state index is -3.17. The first-order valence-corrected chi connectivity index (χ1v) is 22.1. The van der Waals surface area contributed by atoms with Gasteiger partial charge in [0.25, 0.3) is 0 Å². The summed E-state index contributed by atoms with van der Waals surface area (Å²) >= 11 is 0. The zero-order valence-electron chi connectivity index (χ0n) is 31.3. The molecule has 0 rings (SSSR count). The number of unbranched alkanes of at least 4 members (excludes halogenated alkanes) is 30. The summed E-state index contributed by atoms with van der Waals surface area (Å²) in [5, 5.41) is -0.322. The van der Waals surface area contributed by atoms with Gasteiger partial charge in [0.1, 0.15) is 0 Å². The standard InChI is InChI=1S/C40H85O3P/c1-6-8-10-12-14-16-18-20-22-24-26-28-30-32-34-36-38-42-44(41,40(3,4)5)43-39-37-35-33-31-29-27-25-23-21-19-17-15-13-11-9-7-2/h41,44H,6-39H2,1-5H3. The molecule has 4 heteroatoms. The van der Waals surface area contributed by atoms with E-state index >= 15 is 0 Å². The van der Waals surface area contributed by atoms with Crippen LogP contribution in [0.3, 0.4) is 0 Å². The summed E-state index contributed by atoms with van der Waals surface area (Å²) in [5.74, 6) is 0. The average molecular weight is 645 g/mol. The molecule has 0 atom stereocenters. The monoisotopic (exact) mass is 645 g/mol. The van der Waals surface area contributed by atoms with Gasteiger partial charge in [-0.15, -0.1) is 0 Å². The Morgan fingerprint density at radius 1 is 0.341 bits per heavy atom. The molecule has 0 bridgehead atoms. The first-order chi connectivity index (χ1) is 21.4. The van der Waals surface area contributed by atoms with Crippen molar-refractivity contribution in [2.45, 2.75) is 245 Å². The summed E-state index contributed by atoms with van der Waals surface area (Å²) in [6.07, 6.45) is 43.8. The van der Waals surface area contributed by atoms with Crippen molar-refractivity contribution < 1.29 is 13.9 Å². The van der Waals surface area contributed by atoms with E-state index in [0.717, 1.165) is 12.8 Å². The second kappa shape index (κ2) is 33.2.